The molecule has 4 atom stereocenters. The van der Waals surface area contributed by atoms with Crippen molar-refractivity contribution in [3.8, 4) is 10.6 Å². The van der Waals surface area contributed by atoms with E-state index in [1.165, 1.54) is 29.1 Å². The molecule has 3 aromatic heterocycles. The second-order valence-corrected chi connectivity index (χ2v) is 12.1. The van der Waals surface area contributed by atoms with Crippen LogP contribution in [0.25, 0.3) is 20.8 Å². The van der Waals surface area contributed by atoms with Crippen LogP contribution in [0.1, 0.15) is 42.7 Å². The second-order valence-electron chi connectivity index (χ2n) is 10.0. The molecule has 1 saturated carbocycles. The predicted octanol–water partition coefficient (Wildman–Crippen LogP) is 3.93. The van der Waals surface area contributed by atoms with Gasteiger partial charge in [0.25, 0.3) is 0 Å². The van der Waals surface area contributed by atoms with Gasteiger partial charge < -0.3 is 26.0 Å². The molecule has 3 aromatic rings. The van der Waals surface area contributed by atoms with Gasteiger partial charge in [0.1, 0.15) is 15.5 Å². The van der Waals surface area contributed by atoms with Crippen molar-refractivity contribution in [3.63, 3.8) is 0 Å². The average Bonchev–Trinajstić information content (AvgIpc) is 3.60. The van der Waals surface area contributed by atoms with Gasteiger partial charge in [-0.15, -0.1) is 22.7 Å². The maximum atomic E-state index is 13.0. The van der Waals surface area contributed by atoms with E-state index in [0.29, 0.717) is 32.0 Å². The summed E-state index contributed by atoms with van der Waals surface area (Å²) in [6.07, 6.45) is 5.95. The van der Waals surface area contributed by atoms with E-state index >= 15 is 0 Å². The normalized spacial score (nSPS) is 25.2. The highest BCUT2D eigenvalue weighted by atomic mass is 32.1. The SMILES string of the molecule is C[C@@H]1c2sc(NC(=O)CCNC3C[C@H]4CNC[C@H]4C3)c(-c3nc4cnccc4s3)c2CCN1C(=O)O. The number of nitrogens with zero attached hydrogens (tertiary/aromatic N) is 3. The van der Waals surface area contributed by atoms with Gasteiger partial charge in [0, 0.05) is 42.2 Å². The number of amides is 2. The Bertz CT molecular complexity index is 1260. The van der Waals surface area contributed by atoms with E-state index in [4.69, 9.17) is 4.98 Å². The quantitative estimate of drug-likeness (QED) is 0.384. The molecule has 11 heteroatoms. The van der Waals surface area contributed by atoms with Crippen LogP contribution in [0.5, 0.6) is 0 Å². The lowest BCUT2D eigenvalue weighted by Gasteiger charge is -2.31. The van der Waals surface area contributed by atoms with Crippen molar-refractivity contribution in [2.24, 2.45) is 11.8 Å². The number of carbonyl (C=O) groups is 2. The highest BCUT2D eigenvalue weighted by Gasteiger charge is 2.37. The summed E-state index contributed by atoms with van der Waals surface area (Å²) in [7, 11) is 0. The number of anilines is 1. The number of hydrogen-bond acceptors (Lipinski definition) is 8. The first kappa shape index (κ1) is 23.8. The minimum Gasteiger partial charge on any atom is -0.465 e. The smallest absolute Gasteiger partial charge is 0.407 e. The Balaban J connectivity index is 1.21. The van der Waals surface area contributed by atoms with Gasteiger partial charge in [0.05, 0.1) is 16.9 Å². The third-order valence-electron chi connectivity index (χ3n) is 7.83. The van der Waals surface area contributed by atoms with E-state index in [-0.39, 0.29) is 11.9 Å². The number of carboxylic acid groups (broad SMARTS) is 1. The van der Waals surface area contributed by atoms with Gasteiger partial charge in [0.2, 0.25) is 5.91 Å². The van der Waals surface area contributed by atoms with Crippen molar-refractivity contribution in [2.75, 3.05) is 31.5 Å². The van der Waals surface area contributed by atoms with Gasteiger partial charge in [-0.2, -0.15) is 0 Å². The number of rotatable bonds is 6. The van der Waals surface area contributed by atoms with Crippen molar-refractivity contribution in [2.45, 2.75) is 44.7 Å². The zero-order valence-corrected chi connectivity index (χ0v) is 21.8. The fourth-order valence-electron chi connectivity index (χ4n) is 6.01. The molecule has 6 rings (SSSR count). The molecule has 1 unspecified atom stereocenters. The number of carbonyl (C=O) groups excluding carboxylic acids is 1. The Labute approximate surface area is 217 Å². The molecule has 3 aliphatic rings. The maximum absolute atomic E-state index is 13.0. The summed E-state index contributed by atoms with van der Waals surface area (Å²) in [5.41, 5.74) is 2.86. The highest BCUT2D eigenvalue weighted by molar-refractivity contribution is 7.23. The number of nitrogens with one attached hydrogen (secondary N) is 3. The summed E-state index contributed by atoms with van der Waals surface area (Å²) in [6, 6.07) is 2.18. The Hall–Kier alpha value is -2.60. The number of pyridine rings is 1. The lowest BCUT2D eigenvalue weighted by Crippen LogP contribution is -2.37. The lowest BCUT2D eigenvalue weighted by molar-refractivity contribution is -0.116. The van der Waals surface area contributed by atoms with Crippen molar-refractivity contribution >= 4 is 49.9 Å². The molecule has 9 nitrogen and oxygen atoms in total. The third kappa shape index (κ3) is 4.38. The van der Waals surface area contributed by atoms with Crippen LogP contribution in [-0.4, -0.2) is 64.2 Å². The summed E-state index contributed by atoms with van der Waals surface area (Å²) >= 11 is 3.06. The molecule has 4 N–H and O–H groups in total. The highest BCUT2D eigenvalue weighted by Crippen LogP contribution is 2.48. The molecular formula is C25H30N6O3S2. The molecule has 36 heavy (non-hydrogen) atoms. The van der Waals surface area contributed by atoms with Crippen molar-refractivity contribution in [3.05, 3.63) is 28.9 Å². The average molecular weight is 527 g/mol. The van der Waals surface area contributed by atoms with Crippen LogP contribution in [-0.2, 0) is 11.2 Å². The zero-order chi connectivity index (χ0) is 24.8. The Morgan fingerprint density at radius 1 is 1.25 bits per heavy atom. The molecule has 2 amide bonds. The molecule has 1 aliphatic carbocycles. The third-order valence-corrected chi connectivity index (χ3v) is 10.2. The largest absolute Gasteiger partial charge is 0.465 e. The van der Waals surface area contributed by atoms with Crippen LogP contribution in [0, 0.1) is 11.8 Å². The fourth-order valence-corrected chi connectivity index (χ4v) is 8.42. The molecule has 0 bridgehead atoms. The molecule has 2 fully saturated rings. The molecule has 0 radical (unpaired) electrons. The van der Waals surface area contributed by atoms with E-state index in [0.717, 1.165) is 61.2 Å². The first-order chi connectivity index (χ1) is 17.5. The van der Waals surface area contributed by atoms with E-state index in [1.54, 1.807) is 23.7 Å². The monoisotopic (exact) mass is 526 g/mol. The van der Waals surface area contributed by atoms with Crippen LogP contribution in [0.15, 0.2) is 18.5 Å². The summed E-state index contributed by atoms with van der Waals surface area (Å²) < 4.78 is 1.04. The minimum atomic E-state index is -0.919. The van der Waals surface area contributed by atoms with Gasteiger partial charge in [-0.25, -0.2) is 9.78 Å². The number of hydrogen-bond donors (Lipinski definition) is 4. The van der Waals surface area contributed by atoms with E-state index in [9.17, 15) is 14.7 Å². The van der Waals surface area contributed by atoms with Crippen LogP contribution < -0.4 is 16.0 Å². The Kier molecular flexibility index (Phi) is 6.40. The second kappa shape index (κ2) is 9.70. The first-order valence-electron chi connectivity index (χ1n) is 12.6. The first-order valence-corrected chi connectivity index (χ1v) is 14.2. The lowest BCUT2D eigenvalue weighted by atomic mass is 9.98. The van der Waals surface area contributed by atoms with E-state index in [1.807, 2.05) is 13.0 Å². The summed E-state index contributed by atoms with van der Waals surface area (Å²) in [5.74, 6) is 1.51. The van der Waals surface area contributed by atoms with E-state index in [2.05, 4.69) is 20.9 Å². The minimum absolute atomic E-state index is 0.0345. The van der Waals surface area contributed by atoms with Gasteiger partial charge in [0.15, 0.2) is 0 Å². The summed E-state index contributed by atoms with van der Waals surface area (Å²) in [5, 5.41) is 21.5. The summed E-state index contributed by atoms with van der Waals surface area (Å²) in [6.45, 7) is 5.23. The van der Waals surface area contributed by atoms with Crippen molar-refractivity contribution < 1.29 is 14.7 Å². The van der Waals surface area contributed by atoms with Gasteiger partial charge in [-0.3, -0.25) is 9.78 Å². The molecule has 190 valence electrons. The van der Waals surface area contributed by atoms with Crippen LogP contribution in [0.2, 0.25) is 0 Å². The topological polar surface area (TPSA) is 119 Å². The molecular weight excluding hydrogens is 496 g/mol. The molecule has 2 aliphatic heterocycles. The number of aromatic nitrogens is 2. The Morgan fingerprint density at radius 3 is 2.81 bits per heavy atom. The summed E-state index contributed by atoms with van der Waals surface area (Å²) in [4.78, 5) is 36.2. The van der Waals surface area contributed by atoms with Crippen molar-refractivity contribution in [1.29, 1.82) is 0 Å². The molecule has 5 heterocycles. The van der Waals surface area contributed by atoms with Gasteiger partial charge in [-0.05, 0) is 62.7 Å². The predicted molar refractivity (Wildman–Crippen MR) is 142 cm³/mol. The number of thiophene rings is 1. The van der Waals surface area contributed by atoms with E-state index < -0.39 is 6.09 Å². The number of fused-ring (bicyclic) bond motifs is 3. The van der Waals surface area contributed by atoms with Gasteiger partial charge in [-0.1, -0.05) is 0 Å². The van der Waals surface area contributed by atoms with Gasteiger partial charge >= 0.3 is 6.09 Å². The molecule has 0 aromatic carbocycles. The zero-order valence-electron chi connectivity index (χ0n) is 20.1. The van der Waals surface area contributed by atoms with Crippen LogP contribution >= 0.6 is 22.7 Å². The van der Waals surface area contributed by atoms with Crippen LogP contribution in [0.3, 0.4) is 0 Å². The maximum Gasteiger partial charge on any atom is 0.407 e. The van der Waals surface area contributed by atoms with Crippen molar-refractivity contribution in [1.82, 2.24) is 25.5 Å². The standard InChI is InChI=1S/C25H30N6O3S2/c1-13-22-17(4-7-31(13)25(33)34)21(23-29-18-12-26-5-2-19(18)35-23)24(36-22)30-20(32)3-6-28-16-8-14-10-27-11-15(14)9-16/h2,5,12-16,27-28H,3-4,6-11H2,1H3,(H,30,32)(H,33,34)/t13-,14-,15+,16?/m1/s1. The number of thiazole rings is 1. The molecule has 0 spiro atoms. The fraction of sp³-hybridized carbons (Fsp3) is 0.520. The molecule has 1 saturated heterocycles. The Morgan fingerprint density at radius 2 is 2.06 bits per heavy atom. The van der Waals surface area contributed by atoms with Crippen LogP contribution in [0.4, 0.5) is 9.80 Å².